The highest BCUT2D eigenvalue weighted by molar-refractivity contribution is 5.95. The average Bonchev–Trinajstić information content (AvgIpc) is 3.66. The Morgan fingerprint density at radius 2 is 1.73 bits per heavy atom. The molecule has 4 unspecified atom stereocenters. The lowest BCUT2D eigenvalue weighted by Gasteiger charge is -2.30. The van der Waals surface area contributed by atoms with Gasteiger partial charge in [0, 0.05) is 36.6 Å². The largest absolute Gasteiger partial charge is 0.480 e. The fraction of sp³-hybridized carbons (Fsp3) is 0.387. The van der Waals surface area contributed by atoms with Gasteiger partial charge in [0.25, 0.3) is 0 Å². The number of fused-ring (bicyclic) bond motifs is 1. The molecule has 3 amide bonds. The van der Waals surface area contributed by atoms with Crippen molar-refractivity contribution in [2.24, 2.45) is 22.2 Å². The summed E-state index contributed by atoms with van der Waals surface area (Å²) >= 11 is 0. The minimum absolute atomic E-state index is 0.101. The van der Waals surface area contributed by atoms with Gasteiger partial charge in [-0.3, -0.25) is 19.4 Å². The Labute approximate surface area is 255 Å². The number of carbonyl (C=O) groups excluding carboxylic acids is 3. The van der Waals surface area contributed by atoms with E-state index in [4.69, 9.17) is 17.2 Å². The average molecular weight is 605 g/mol. The van der Waals surface area contributed by atoms with Crippen molar-refractivity contribution in [3.05, 3.63) is 71.9 Å². The van der Waals surface area contributed by atoms with Gasteiger partial charge in [-0.15, -0.1) is 0 Å². The maximum Gasteiger partial charge on any atom is 0.326 e. The number of nitrogens with two attached hydrogens (primary N) is 3. The van der Waals surface area contributed by atoms with Crippen LogP contribution in [0, 0.1) is 0 Å². The van der Waals surface area contributed by atoms with E-state index in [1.807, 2.05) is 54.6 Å². The Bertz CT molecular complexity index is 1490. The van der Waals surface area contributed by atoms with Gasteiger partial charge in [-0.05, 0) is 49.3 Å². The predicted molar refractivity (Wildman–Crippen MR) is 166 cm³/mol. The molecule has 4 rings (SSSR count). The number of aromatic nitrogens is 1. The SMILES string of the molecule is NC(N)=NCCCC(NC(=O)C1CCCN1C(=O)C(Cc1c[nH]c2ccccc12)NC(=O)C(N)Cc1ccccc1)C(=O)O. The van der Waals surface area contributed by atoms with Crippen molar-refractivity contribution in [3.8, 4) is 0 Å². The number of carboxylic acid groups (broad SMARTS) is 1. The number of rotatable bonds is 14. The summed E-state index contributed by atoms with van der Waals surface area (Å²) in [4.78, 5) is 61.0. The Morgan fingerprint density at radius 1 is 1.00 bits per heavy atom. The molecule has 13 heteroatoms. The molecule has 3 aromatic rings. The number of aromatic amines is 1. The summed E-state index contributed by atoms with van der Waals surface area (Å²) in [5.74, 6) is -2.79. The molecule has 1 saturated heterocycles. The van der Waals surface area contributed by atoms with Crippen LogP contribution in [0.15, 0.2) is 65.8 Å². The number of hydrogen-bond acceptors (Lipinski definition) is 6. The molecule has 1 aliphatic rings. The summed E-state index contributed by atoms with van der Waals surface area (Å²) < 4.78 is 0. The van der Waals surface area contributed by atoms with Crippen LogP contribution in [0.1, 0.15) is 36.8 Å². The highest BCUT2D eigenvalue weighted by Crippen LogP contribution is 2.23. The predicted octanol–water partition coefficient (Wildman–Crippen LogP) is 0.379. The van der Waals surface area contributed by atoms with E-state index in [1.165, 1.54) is 4.90 Å². The van der Waals surface area contributed by atoms with E-state index in [1.54, 1.807) is 6.20 Å². The Morgan fingerprint density at radius 3 is 2.45 bits per heavy atom. The van der Waals surface area contributed by atoms with Crippen LogP contribution in [0.5, 0.6) is 0 Å². The fourth-order valence-electron chi connectivity index (χ4n) is 5.49. The van der Waals surface area contributed by atoms with Crippen molar-refractivity contribution < 1.29 is 24.3 Å². The highest BCUT2D eigenvalue weighted by Gasteiger charge is 2.39. The minimum atomic E-state index is -1.20. The first-order valence-electron chi connectivity index (χ1n) is 14.7. The van der Waals surface area contributed by atoms with Gasteiger partial charge in [0.15, 0.2) is 5.96 Å². The first-order chi connectivity index (χ1) is 21.1. The van der Waals surface area contributed by atoms with E-state index in [-0.39, 0.29) is 38.3 Å². The van der Waals surface area contributed by atoms with Crippen LogP contribution in [0.2, 0.25) is 0 Å². The minimum Gasteiger partial charge on any atom is -0.480 e. The lowest BCUT2D eigenvalue weighted by atomic mass is 10.0. The van der Waals surface area contributed by atoms with E-state index in [0.717, 1.165) is 22.0 Å². The van der Waals surface area contributed by atoms with Crippen molar-refractivity contribution in [2.75, 3.05) is 13.1 Å². The monoisotopic (exact) mass is 604 g/mol. The molecule has 1 fully saturated rings. The zero-order chi connectivity index (χ0) is 31.6. The number of carbonyl (C=O) groups is 4. The van der Waals surface area contributed by atoms with Crippen LogP contribution in [-0.4, -0.2) is 81.9 Å². The quantitative estimate of drug-likeness (QED) is 0.0772. The first kappa shape index (κ1) is 32.0. The van der Waals surface area contributed by atoms with Gasteiger partial charge in [0.05, 0.1) is 6.04 Å². The number of hydrogen-bond donors (Lipinski definition) is 7. The molecule has 234 valence electrons. The van der Waals surface area contributed by atoms with Crippen LogP contribution in [0.4, 0.5) is 0 Å². The van der Waals surface area contributed by atoms with Gasteiger partial charge in [-0.25, -0.2) is 4.79 Å². The van der Waals surface area contributed by atoms with Gasteiger partial charge in [0.1, 0.15) is 18.1 Å². The summed E-state index contributed by atoms with van der Waals surface area (Å²) in [5.41, 5.74) is 19.5. The van der Waals surface area contributed by atoms with E-state index >= 15 is 0 Å². The number of nitrogens with one attached hydrogen (secondary N) is 3. The molecule has 1 aromatic heterocycles. The van der Waals surface area contributed by atoms with Gasteiger partial charge in [-0.2, -0.15) is 0 Å². The van der Waals surface area contributed by atoms with Crippen LogP contribution in [0.3, 0.4) is 0 Å². The van der Waals surface area contributed by atoms with Crippen molar-refractivity contribution >= 4 is 40.6 Å². The third-order valence-electron chi connectivity index (χ3n) is 7.75. The lowest BCUT2D eigenvalue weighted by molar-refractivity contribution is -0.145. The molecule has 2 aromatic carbocycles. The molecule has 0 radical (unpaired) electrons. The highest BCUT2D eigenvalue weighted by atomic mass is 16.4. The molecule has 0 aliphatic carbocycles. The van der Waals surface area contributed by atoms with Gasteiger partial charge < -0.3 is 42.8 Å². The van der Waals surface area contributed by atoms with E-state index in [0.29, 0.717) is 19.3 Å². The molecule has 4 atom stereocenters. The Balaban J connectivity index is 1.50. The van der Waals surface area contributed by atoms with Crippen molar-refractivity contribution in [1.82, 2.24) is 20.5 Å². The molecule has 0 saturated carbocycles. The fourth-order valence-corrected chi connectivity index (χ4v) is 5.49. The number of nitrogens with zero attached hydrogens (tertiary/aromatic N) is 2. The number of carboxylic acids is 1. The Hall–Kier alpha value is -4.91. The summed E-state index contributed by atoms with van der Waals surface area (Å²) in [6, 6.07) is 13.0. The van der Waals surface area contributed by atoms with Crippen LogP contribution >= 0.6 is 0 Å². The lowest BCUT2D eigenvalue weighted by Crippen LogP contribution is -2.57. The maximum absolute atomic E-state index is 14.1. The van der Waals surface area contributed by atoms with Crippen molar-refractivity contribution in [3.63, 3.8) is 0 Å². The smallest absolute Gasteiger partial charge is 0.326 e. The summed E-state index contributed by atoms with van der Waals surface area (Å²) in [7, 11) is 0. The van der Waals surface area contributed by atoms with E-state index < -0.39 is 47.9 Å². The second kappa shape index (κ2) is 15.0. The number of benzene rings is 2. The third kappa shape index (κ3) is 8.34. The summed E-state index contributed by atoms with van der Waals surface area (Å²) in [6.07, 6.45) is 3.61. The second-order valence-electron chi connectivity index (χ2n) is 11.0. The number of amides is 3. The number of para-hydroxylation sites is 1. The van der Waals surface area contributed by atoms with Crippen molar-refractivity contribution in [2.45, 2.75) is 62.7 Å². The molecule has 44 heavy (non-hydrogen) atoms. The molecule has 1 aliphatic heterocycles. The molecule has 13 nitrogen and oxygen atoms in total. The second-order valence-corrected chi connectivity index (χ2v) is 11.0. The number of guanidine groups is 1. The number of aliphatic imine (C=N–C) groups is 1. The van der Waals surface area contributed by atoms with Crippen LogP contribution in [0.25, 0.3) is 10.9 Å². The van der Waals surface area contributed by atoms with Gasteiger partial charge >= 0.3 is 5.97 Å². The molecular formula is C31H40N8O5. The standard InChI is InChI=1S/C31H40N8O5/c32-22(16-19-8-2-1-3-9-19)27(40)38-25(17-20-18-36-23-11-5-4-10-21(20)23)29(42)39-15-7-13-26(39)28(41)37-24(30(43)44)12-6-14-35-31(33)34/h1-5,8-11,18,22,24-26,36H,6-7,12-17,32H2,(H,37,41)(H,38,40)(H,43,44)(H4,33,34,35). The maximum atomic E-state index is 14.1. The third-order valence-corrected chi connectivity index (χ3v) is 7.75. The number of likely N-dealkylation sites (tertiary alicyclic amines) is 1. The number of aliphatic carboxylic acids is 1. The van der Waals surface area contributed by atoms with Gasteiger partial charge in [-0.1, -0.05) is 48.5 Å². The first-order valence-corrected chi connectivity index (χ1v) is 14.7. The van der Waals surface area contributed by atoms with E-state index in [2.05, 4.69) is 20.6 Å². The molecule has 10 N–H and O–H groups in total. The van der Waals surface area contributed by atoms with Crippen molar-refractivity contribution in [1.29, 1.82) is 0 Å². The molecule has 2 heterocycles. The summed E-state index contributed by atoms with van der Waals surface area (Å²) in [6.45, 7) is 0.507. The molecule has 0 bridgehead atoms. The molecular weight excluding hydrogens is 564 g/mol. The van der Waals surface area contributed by atoms with E-state index in [9.17, 15) is 24.3 Å². The number of H-pyrrole nitrogens is 1. The molecule has 0 spiro atoms. The zero-order valence-electron chi connectivity index (χ0n) is 24.4. The summed E-state index contributed by atoms with van der Waals surface area (Å²) in [5, 5.41) is 16.0. The normalized spacial score (nSPS) is 16.6. The Kier molecular flexibility index (Phi) is 10.9. The van der Waals surface area contributed by atoms with Crippen LogP contribution < -0.4 is 27.8 Å². The zero-order valence-corrected chi connectivity index (χ0v) is 24.4. The topological polar surface area (TPSA) is 222 Å². The van der Waals surface area contributed by atoms with Gasteiger partial charge in [0.2, 0.25) is 17.7 Å². The van der Waals surface area contributed by atoms with Crippen LogP contribution in [-0.2, 0) is 32.0 Å².